The summed E-state index contributed by atoms with van der Waals surface area (Å²) in [5.74, 6) is 1.04. The van der Waals surface area contributed by atoms with Crippen LogP contribution < -0.4 is 5.32 Å². The number of fused-ring (bicyclic) bond motifs is 1. The smallest absolute Gasteiger partial charge is 0.134 e. The first-order valence-corrected chi connectivity index (χ1v) is 7.78. The van der Waals surface area contributed by atoms with Crippen molar-refractivity contribution in [3.05, 3.63) is 36.5 Å². The molecule has 1 aliphatic carbocycles. The van der Waals surface area contributed by atoms with E-state index in [1.54, 1.807) is 0 Å². The average molecular weight is 258 g/mol. The highest BCUT2D eigenvalue weighted by Crippen LogP contribution is 2.31. The number of thioether (sulfide) groups is 1. The Balaban J connectivity index is 1.83. The van der Waals surface area contributed by atoms with Gasteiger partial charge in [0.15, 0.2) is 0 Å². The Labute approximate surface area is 112 Å². The quantitative estimate of drug-likeness (QED) is 0.903. The van der Waals surface area contributed by atoms with E-state index in [4.69, 9.17) is 0 Å². The fourth-order valence-corrected chi connectivity index (χ4v) is 3.51. The van der Waals surface area contributed by atoms with E-state index in [0.29, 0.717) is 6.04 Å². The van der Waals surface area contributed by atoms with Crippen molar-refractivity contribution in [3.8, 4) is 0 Å². The topological polar surface area (TPSA) is 24.9 Å². The minimum atomic E-state index is 0.584. The Kier molecular flexibility index (Phi) is 3.41. The maximum Gasteiger partial charge on any atom is 0.134 e. The fourth-order valence-electron chi connectivity index (χ4n) is 2.71. The zero-order valence-electron chi connectivity index (χ0n) is 10.6. The standard InChI is InChI=1S/C15H18N2S/c1-18-13-7-6-12(10-13)17-15-14-5-3-2-4-11(14)8-9-16-15/h2-5,8-9,12-13H,6-7,10H2,1H3,(H,16,17). The third-order valence-corrected chi connectivity index (χ3v) is 4.83. The van der Waals surface area contributed by atoms with Crippen LogP contribution in [0.5, 0.6) is 0 Å². The molecule has 0 aliphatic heterocycles. The van der Waals surface area contributed by atoms with Crippen LogP contribution in [0, 0.1) is 0 Å². The van der Waals surface area contributed by atoms with E-state index in [0.717, 1.165) is 11.1 Å². The summed E-state index contributed by atoms with van der Waals surface area (Å²) in [6.45, 7) is 0. The first-order chi connectivity index (χ1) is 8.86. The SMILES string of the molecule is CSC1CCC(Nc2nccc3ccccc23)C1. The van der Waals surface area contributed by atoms with Crippen molar-refractivity contribution in [2.45, 2.75) is 30.6 Å². The van der Waals surface area contributed by atoms with Crippen LogP contribution in [0.3, 0.4) is 0 Å². The molecular weight excluding hydrogens is 240 g/mol. The number of hydrogen-bond acceptors (Lipinski definition) is 3. The lowest BCUT2D eigenvalue weighted by atomic mass is 10.1. The number of hydrogen-bond donors (Lipinski definition) is 1. The number of aromatic nitrogens is 1. The maximum atomic E-state index is 4.50. The highest BCUT2D eigenvalue weighted by molar-refractivity contribution is 7.99. The van der Waals surface area contributed by atoms with Crippen LogP contribution in [-0.2, 0) is 0 Å². The molecule has 94 valence electrons. The van der Waals surface area contributed by atoms with Gasteiger partial charge in [-0.25, -0.2) is 4.98 Å². The molecule has 2 nitrogen and oxygen atoms in total. The van der Waals surface area contributed by atoms with Crippen LogP contribution in [0.1, 0.15) is 19.3 Å². The van der Waals surface area contributed by atoms with Crippen LogP contribution in [0.2, 0.25) is 0 Å². The molecule has 1 aromatic carbocycles. The molecule has 1 heterocycles. The minimum absolute atomic E-state index is 0.584. The maximum absolute atomic E-state index is 4.50. The van der Waals surface area contributed by atoms with Gasteiger partial charge in [-0.1, -0.05) is 24.3 Å². The van der Waals surface area contributed by atoms with E-state index in [1.165, 1.54) is 30.0 Å². The molecule has 1 fully saturated rings. The zero-order chi connectivity index (χ0) is 12.4. The van der Waals surface area contributed by atoms with E-state index in [2.05, 4.69) is 46.9 Å². The molecular formula is C15H18N2S. The molecule has 2 unspecified atom stereocenters. The lowest BCUT2D eigenvalue weighted by Crippen LogP contribution is -2.17. The summed E-state index contributed by atoms with van der Waals surface area (Å²) in [7, 11) is 0. The van der Waals surface area contributed by atoms with Crippen molar-refractivity contribution in [2.75, 3.05) is 11.6 Å². The summed E-state index contributed by atoms with van der Waals surface area (Å²) in [6, 6.07) is 11.1. The summed E-state index contributed by atoms with van der Waals surface area (Å²) >= 11 is 1.99. The molecule has 2 aromatic rings. The number of anilines is 1. The highest BCUT2D eigenvalue weighted by Gasteiger charge is 2.24. The lowest BCUT2D eigenvalue weighted by Gasteiger charge is -2.15. The normalized spacial score (nSPS) is 23.4. The van der Waals surface area contributed by atoms with Gasteiger partial charge in [-0.3, -0.25) is 0 Å². The van der Waals surface area contributed by atoms with Crippen LogP contribution >= 0.6 is 11.8 Å². The van der Waals surface area contributed by atoms with Gasteiger partial charge in [0, 0.05) is 22.9 Å². The third-order valence-electron chi connectivity index (χ3n) is 3.73. The van der Waals surface area contributed by atoms with E-state index < -0.39 is 0 Å². The zero-order valence-corrected chi connectivity index (χ0v) is 11.4. The second kappa shape index (κ2) is 5.19. The monoisotopic (exact) mass is 258 g/mol. The lowest BCUT2D eigenvalue weighted by molar-refractivity contribution is 0.753. The fraction of sp³-hybridized carbons (Fsp3) is 0.400. The Morgan fingerprint density at radius 1 is 1.22 bits per heavy atom. The molecule has 1 aromatic heterocycles. The average Bonchev–Trinajstić information content (AvgIpc) is 2.87. The van der Waals surface area contributed by atoms with Gasteiger partial charge >= 0.3 is 0 Å². The highest BCUT2D eigenvalue weighted by atomic mass is 32.2. The summed E-state index contributed by atoms with van der Waals surface area (Å²) in [5.41, 5.74) is 0. The number of pyridine rings is 1. The van der Waals surface area contributed by atoms with Gasteiger partial charge in [0.2, 0.25) is 0 Å². The second-order valence-corrected chi connectivity index (χ2v) is 6.03. The molecule has 1 aliphatic rings. The van der Waals surface area contributed by atoms with Gasteiger partial charge in [0.25, 0.3) is 0 Å². The van der Waals surface area contributed by atoms with Gasteiger partial charge < -0.3 is 5.32 Å². The molecule has 2 atom stereocenters. The molecule has 0 radical (unpaired) electrons. The predicted molar refractivity (Wildman–Crippen MR) is 80.3 cm³/mol. The van der Waals surface area contributed by atoms with Gasteiger partial charge in [-0.05, 0) is 37.0 Å². The van der Waals surface area contributed by atoms with Gasteiger partial charge in [-0.15, -0.1) is 0 Å². The van der Waals surface area contributed by atoms with E-state index in [-0.39, 0.29) is 0 Å². The number of benzene rings is 1. The van der Waals surface area contributed by atoms with E-state index >= 15 is 0 Å². The Hall–Kier alpha value is -1.22. The first kappa shape index (κ1) is 11.8. The summed E-state index contributed by atoms with van der Waals surface area (Å²) in [5, 5.41) is 6.93. The molecule has 0 saturated heterocycles. The second-order valence-electron chi connectivity index (χ2n) is 4.89. The van der Waals surface area contributed by atoms with Gasteiger partial charge in [0.1, 0.15) is 5.82 Å². The van der Waals surface area contributed by atoms with Crippen LogP contribution in [0.15, 0.2) is 36.5 Å². The van der Waals surface area contributed by atoms with Crippen molar-refractivity contribution in [1.29, 1.82) is 0 Å². The minimum Gasteiger partial charge on any atom is -0.367 e. The van der Waals surface area contributed by atoms with Gasteiger partial charge in [-0.2, -0.15) is 11.8 Å². The number of rotatable bonds is 3. The Morgan fingerprint density at radius 3 is 2.94 bits per heavy atom. The van der Waals surface area contributed by atoms with Crippen molar-refractivity contribution in [1.82, 2.24) is 4.98 Å². The molecule has 0 spiro atoms. The predicted octanol–water partition coefficient (Wildman–Crippen LogP) is 3.93. The molecule has 0 amide bonds. The molecule has 0 bridgehead atoms. The Morgan fingerprint density at radius 2 is 2.11 bits per heavy atom. The van der Waals surface area contributed by atoms with Crippen LogP contribution in [-0.4, -0.2) is 22.5 Å². The summed E-state index contributed by atoms with van der Waals surface area (Å²) < 4.78 is 0. The van der Waals surface area contributed by atoms with Gasteiger partial charge in [0.05, 0.1) is 0 Å². The van der Waals surface area contributed by atoms with Crippen molar-refractivity contribution in [2.24, 2.45) is 0 Å². The molecule has 1 N–H and O–H groups in total. The molecule has 18 heavy (non-hydrogen) atoms. The van der Waals surface area contributed by atoms with Crippen LogP contribution in [0.25, 0.3) is 10.8 Å². The first-order valence-electron chi connectivity index (χ1n) is 6.50. The van der Waals surface area contributed by atoms with Crippen molar-refractivity contribution < 1.29 is 0 Å². The van der Waals surface area contributed by atoms with E-state index in [1.807, 2.05) is 18.0 Å². The number of nitrogens with zero attached hydrogens (tertiary/aromatic N) is 1. The Bertz CT molecular complexity index is 536. The molecule has 1 saturated carbocycles. The molecule has 3 heteroatoms. The third kappa shape index (κ3) is 2.32. The molecule has 3 rings (SSSR count). The van der Waals surface area contributed by atoms with Crippen molar-refractivity contribution >= 4 is 28.4 Å². The van der Waals surface area contributed by atoms with E-state index in [9.17, 15) is 0 Å². The van der Waals surface area contributed by atoms with Crippen molar-refractivity contribution in [3.63, 3.8) is 0 Å². The summed E-state index contributed by atoms with van der Waals surface area (Å²) in [6.07, 6.45) is 7.95. The summed E-state index contributed by atoms with van der Waals surface area (Å²) in [4.78, 5) is 4.50. The number of nitrogens with one attached hydrogen (secondary N) is 1. The van der Waals surface area contributed by atoms with Crippen LogP contribution in [0.4, 0.5) is 5.82 Å². The largest absolute Gasteiger partial charge is 0.367 e.